The summed E-state index contributed by atoms with van der Waals surface area (Å²) in [5, 5.41) is 16.6. The lowest BCUT2D eigenvalue weighted by molar-refractivity contribution is -0.0920. The molecule has 0 aliphatic carbocycles. The number of ether oxygens (including phenoxy) is 1. The molecule has 8 nitrogen and oxygen atoms in total. The number of morpholine rings is 1. The summed E-state index contributed by atoms with van der Waals surface area (Å²) in [6, 6.07) is 0. The van der Waals surface area contributed by atoms with Gasteiger partial charge in [-0.1, -0.05) is 0 Å². The lowest BCUT2D eigenvalue weighted by Gasteiger charge is -2.34. The van der Waals surface area contributed by atoms with Gasteiger partial charge in [-0.05, 0) is 13.8 Å². The van der Waals surface area contributed by atoms with Gasteiger partial charge in [-0.15, -0.1) is 10.2 Å². The van der Waals surface area contributed by atoms with Crippen LogP contribution in [0.5, 0.6) is 0 Å². The third-order valence-electron chi connectivity index (χ3n) is 3.41. The Labute approximate surface area is 123 Å². The molecule has 3 rings (SSSR count). The Morgan fingerprint density at radius 1 is 1.33 bits per heavy atom. The van der Waals surface area contributed by atoms with Gasteiger partial charge in [-0.25, -0.2) is 0 Å². The van der Waals surface area contributed by atoms with Crippen molar-refractivity contribution >= 4 is 0 Å². The predicted octanol–water partition coefficient (Wildman–Crippen LogP) is 0.951. The molecule has 0 aromatic carbocycles. The summed E-state index contributed by atoms with van der Waals surface area (Å²) in [4.78, 5) is 3.97. The minimum atomic E-state index is -0.184. The van der Waals surface area contributed by atoms with Crippen molar-refractivity contribution in [1.29, 1.82) is 0 Å². The number of nitrogens with zero attached hydrogens (tertiary/aromatic N) is 6. The summed E-state index contributed by atoms with van der Waals surface area (Å²) in [7, 11) is 0. The van der Waals surface area contributed by atoms with Crippen LogP contribution in [0.15, 0.2) is 10.6 Å². The zero-order chi connectivity index (χ0) is 14.8. The Kier molecular flexibility index (Phi) is 3.98. The quantitative estimate of drug-likeness (QED) is 0.829. The van der Waals surface area contributed by atoms with Crippen LogP contribution in [0.25, 0.3) is 0 Å². The first kappa shape index (κ1) is 14.2. The Hall–Kier alpha value is -1.80. The molecule has 0 N–H and O–H groups in total. The van der Waals surface area contributed by atoms with Gasteiger partial charge in [0.1, 0.15) is 6.10 Å². The molecule has 1 aliphatic rings. The van der Waals surface area contributed by atoms with E-state index in [1.165, 1.54) is 0 Å². The molecule has 114 valence electrons. The SMILES string of the molecule is CCn1ncc(CN2C[C@@H](C)O[C@@H](c3nnc(C)o3)C2)n1. The molecule has 21 heavy (non-hydrogen) atoms. The minimum absolute atomic E-state index is 0.108. The molecular formula is C13H20N6O2. The molecular weight excluding hydrogens is 272 g/mol. The third-order valence-corrected chi connectivity index (χ3v) is 3.41. The lowest BCUT2D eigenvalue weighted by Crippen LogP contribution is -2.42. The van der Waals surface area contributed by atoms with E-state index < -0.39 is 0 Å². The summed E-state index contributed by atoms with van der Waals surface area (Å²) in [6.07, 6.45) is 1.74. The summed E-state index contributed by atoms with van der Waals surface area (Å²) < 4.78 is 11.4. The smallest absolute Gasteiger partial charge is 0.246 e. The van der Waals surface area contributed by atoms with Gasteiger partial charge in [0, 0.05) is 26.6 Å². The fraction of sp³-hybridized carbons (Fsp3) is 0.692. The molecule has 0 bridgehead atoms. The Morgan fingerprint density at radius 2 is 2.19 bits per heavy atom. The minimum Gasteiger partial charge on any atom is -0.423 e. The number of rotatable bonds is 4. The largest absolute Gasteiger partial charge is 0.423 e. The highest BCUT2D eigenvalue weighted by Gasteiger charge is 2.30. The number of aryl methyl sites for hydroxylation is 2. The van der Waals surface area contributed by atoms with Crippen LogP contribution < -0.4 is 0 Å². The van der Waals surface area contributed by atoms with Crippen LogP contribution in [0.3, 0.4) is 0 Å². The molecule has 8 heteroatoms. The van der Waals surface area contributed by atoms with E-state index in [2.05, 4.69) is 25.3 Å². The van der Waals surface area contributed by atoms with Crippen LogP contribution in [0.4, 0.5) is 0 Å². The van der Waals surface area contributed by atoms with Crippen molar-refractivity contribution in [3.8, 4) is 0 Å². The highest BCUT2D eigenvalue weighted by atomic mass is 16.5. The van der Waals surface area contributed by atoms with Crippen molar-refractivity contribution in [2.45, 2.75) is 46.1 Å². The van der Waals surface area contributed by atoms with Gasteiger partial charge in [0.2, 0.25) is 11.8 Å². The van der Waals surface area contributed by atoms with Crippen molar-refractivity contribution in [1.82, 2.24) is 30.1 Å². The van der Waals surface area contributed by atoms with Gasteiger partial charge >= 0.3 is 0 Å². The summed E-state index contributed by atoms with van der Waals surface area (Å²) >= 11 is 0. The topological polar surface area (TPSA) is 82.1 Å². The van der Waals surface area contributed by atoms with Crippen LogP contribution in [-0.4, -0.2) is 49.3 Å². The van der Waals surface area contributed by atoms with E-state index in [4.69, 9.17) is 9.15 Å². The lowest BCUT2D eigenvalue weighted by atomic mass is 10.2. The normalized spacial score (nSPS) is 23.6. The molecule has 1 aliphatic heterocycles. The maximum atomic E-state index is 5.90. The van der Waals surface area contributed by atoms with Gasteiger partial charge in [-0.2, -0.15) is 15.0 Å². The molecule has 1 fully saturated rings. The molecule has 2 atom stereocenters. The van der Waals surface area contributed by atoms with E-state index in [0.717, 1.165) is 25.3 Å². The van der Waals surface area contributed by atoms with Crippen molar-refractivity contribution in [3.05, 3.63) is 23.7 Å². The summed E-state index contributed by atoms with van der Waals surface area (Å²) in [5.41, 5.74) is 0.964. The van der Waals surface area contributed by atoms with E-state index >= 15 is 0 Å². The monoisotopic (exact) mass is 292 g/mol. The standard InChI is InChI=1S/C13H20N6O2/c1-4-19-14-5-11(17-19)7-18-6-9(2)20-12(8-18)13-16-15-10(3)21-13/h5,9,12H,4,6-8H2,1-3H3/t9-,12-/m1/s1. The first-order valence-electron chi connectivity index (χ1n) is 7.21. The maximum absolute atomic E-state index is 5.90. The first-order chi connectivity index (χ1) is 10.1. The van der Waals surface area contributed by atoms with Crippen LogP contribution >= 0.6 is 0 Å². The van der Waals surface area contributed by atoms with E-state index in [-0.39, 0.29) is 12.2 Å². The van der Waals surface area contributed by atoms with Crippen molar-refractivity contribution in [2.24, 2.45) is 0 Å². The molecule has 2 aromatic heterocycles. The second-order valence-corrected chi connectivity index (χ2v) is 5.31. The van der Waals surface area contributed by atoms with E-state index in [0.29, 0.717) is 18.3 Å². The number of hydrogen-bond donors (Lipinski definition) is 0. The van der Waals surface area contributed by atoms with Crippen LogP contribution in [0.2, 0.25) is 0 Å². The average Bonchev–Trinajstić information content (AvgIpc) is 3.07. The average molecular weight is 292 g/mol. The van der Waals surface area contributed by atoms with Gasteiger partial charge in [-0.3, -0.25) is 4.90 Å². The highest BCUT2D eigenvalue weighted by molar-refractivity contribution is 4.95. The molecule has 2 aromatic rings. The van der Waals surface area contributed by atoms with E-state index in [1.54, 1.807) is 11.7 Å². The Morgan fingerprint density at radius 3 is 2.86 bits per heavy atom. The van der Waals surface area contributed by atoms with Gasteiger partial charge in [0.15, 0.2) is 0 Å². The first-order valence-corrected chi connectivity index (χ1v) is 7.21. The molecule has 0 radical (unpaired) electrons. The fourth-order valence-electron chi connectivity index (χ4n) is 2.53. The third kappa shape index (κ3) is 3.27. The van der Waals surface area contributed by atoms with Crippen LogP contribution in [0.1, 0.15) is 37.4 Å². The van der Waals surface area contributed by atoms with Gasteiger partial charge in [0.25, 0.3) is 0 Å². The van der Waals surface area contributed by atoms with Gasteiger partial charge in [0.05, 0.1) is 24.5 Å². The second-order valence-electron chi connectivity index (χ2n) is 5.31. The number of aromatic nitrogens is 5. The summed E-state index contributed by atoms with van der Waals surface area (Å²) in [5.74, 6) is 1.10. The Balaban J connectivity index is 1.68. The summed E-state index contributed by atoms with van der Waals surface area (Å²) in [6.45, 7) is 8.94. The predicted molar refractivity (Wildman–Crippen MR) is 73.3 cm³/mol. The molecule has 3 heterocycles. The fourth-order valence-corrected chi connectivity index (χ4v) is 2.53. The van der Waals surface area contributed by atoms with Gasteiger partial charge < -0.3 is 9.15 Å². The van der Waals surface area contributed by atoms with Crippen LogP contribution in [0, 0.1) is 6.92 Å². The molecule has 0 amide bonds. The molecule has 0 unspecified atom stereocenters. The van der Waals surface area contributed by atoms with Crippen molar-refractivity contribution < 1.29 is 9.15 Å². The molecule has 0 saturated carbocycles. The Bertz CT molecular complexity index is 595. The molecule has 1 saturated heterocycles. The maximum Gasteiger partial charge on any atom is 0.246 e. The highest BCUT2D eigenvalue weighted by Crippen LogP contribution is 2.25. The van der Waals surface area contributed by atoms with Crippen LogP contribution in [-0.2, 0) is 17.8 Å². The van der Waals surface area contributed by atoms with Crippen molar-refractivity contribution in [2.75, 3.05) is 13.1 Å². The number of hydrogen-bond acceptors (Lipinski definition) is 7. The van der Waals surface area contributed by atoms with Crippen molar-refractivity contribution in [3.63, 3.8) is 0 Å². The molecule has 0 spiro atoms. The van der Waals surface area contributed by atoms with E-state index in [9.17, 15) is 0 Å². The zero-order valence-corrected chi connectivity index (χ0v) is 12.6. The van der Waals surface area contributed by atoms with E-state index in [1.807, 2.05) is 20.0 Å². The second kappa shape index (κ2) is 5.90. The zero-order valence-electron chi connectivity index (χ0n) is 12.6.